The Kier molecular flexibility index (Phi) is 4.18. The van der Waals surface area contributed by atoms with Gasteiger partial charge in [-0.3, -0.25) is 4.21 Å². The molecule has 2 atom stereocenters. The van der Waals surface area contributed by atoms with Gasteiger partial charge in [0, 0.05) is 41.0 Å². The standard InChI is InChI=1S/C9H15NO2S/c1-8(13(2)11)5-10-6-9-3-4-12-7-9/h3-4,7-8,10H,5-6H2,1-2H3. The smallest absolute Gasteiger partial charge is 0.0947 e. The lowest BCUT2D eigenvalue weighted by Gasteiger charge is -2.08. The van der Waals surface area contributed by atoms with Crippen molar-refractivity contribution in [2.75, 3.05) is 12.8 Å². The van der Waals surface area contributed by atoms with Gasteiger partial charge < -0.3 is 9.73 Å². The maximum absolute atomic E-state index is 11.0. The largest absolute Gasteiger partial charge is 0.472 e. The van der Waals surface area contributed by atoms with Crippen LogP contribution in [0.5, 0.6) is 0 Å². The molecule has 1 aromatic heterocycles. The van der Waals surface area contributed by atoms with Crippen LogP contribution >= 0.6 is 0 Å². The zero-order valence-corrected chi connectivity index (χ0v) is 8.76. The van der Waals surface area contributed by atoms with E-state index < -0.39 is 10.8 Å². The van der Waals surface area contributed by atoms with Gasteiger partial charge >= 0.3 is 0 Å². The molecule has 0 aromatic carbocycles. The fourth-order valence-corrected chi connectivity index (χ4v) is 1.28. The minimum atomic E-state index is -0.745. The van der Waals surface area contributed by atoms with E-state index in [1.807, 2.05) is 13.0 Å². The Bertz CT molecular complexity index is 259. The summed E-state index contributed by atoms with van der Waals surface area (Å²) < 4.78 is 15.9. The third kappa shape index (κ3) is 3.74. The average molecular weight is 201 g/mol. The van der Waals surface area contributed by atoms with Gasteiger partial charge in [-0.25, -0.2) is 0 Å². The molecule has 1 aromatic rings. The first kappa shape index (κ1) is 10.5. The molecule has 3 nitrogen and oxygen atoms in total. The number of furan rings is 1. The van der Waals surface area contributed by atoms with Gasteiger partial charge in [0.05, 0.1) is 12.5 Å². The lowest BCUT2D eigenvalue weighted by atomic mass is 10.3. The molecule has 1 N–H and O–H groups in total. The molecular formula is C9H15NO2S. The van der Waals surface area contributed by atoms with Gasteiger partial charge in [-0.1, -0.05) is 0 Å². The molecule has 0 aliphatic rings. The third-order valence-corrected chi connectivity index (χ3v) is 3.21. The Balaban J connectivity index is 2.18. The van der Waals surface area contributed by atoms with Crippen molar-refractivity contribution >= 4 is 10.8 Å². The highest BCUT2D eigenvalue weighted by molar-refractivity contribution is 7.84. The van der Waals surface area contributed by atoms with Gasteiger partial charge in [0.2, 0.25) is 0 Å². The number of rotatable bonds is 5. The Morgan fingerprint density at radius 1 is 1.69 bits per heavy atom. The predicted molar refractivity (Wildman–Crippen MR) is 53.9 cm³/mol. The number of nitrogens with one attached hydrogen (secondary N) is 1. The molecule has 0 saturated heterocycles. The van der Waals surface area contributed by atoms with E-state index in [1.54, 1.807) is 18.8 Å². The van der Waals surface area contributed by atoms with Gasteiger partial charge in [-0.15, -0.1) is 0 Å². The van der Waals surface area contributed by atoms with Crippen LogP contribution in [-0.2, 0) is 17.3 Å². The molecule has 13 heavy (non-hydrogen) atoms. The maximum atomic E-state index is 11.0. The average Bonchev–Trinajstić information content (AvgIpc) is 2.56. The minimum absolute atomic E-state index is 0.201. The molecule has 2 unspecified atom stereocenters. The van der Waals surface area contributed by atoms with Crippen LogP contribution in [0.4, 0.5) is 0 Å². The third-order valence-electron chi connectivity index (χ3n) is 1.91. The van der Waals surface area contributed by atoms with Crippen molar-refractivity contribution in [3.05, 3.63) is 24.2 Å². The molecule has 74 valence electrons. The van der Waals surface area contributed by atoms with Crippen molar-refractivity contribution in [1.29, 1.82) is 0 Å². The van der Waals surface area contributed by atoms with Crippen LogP contribution in [-0.4, -0.2) is 22.3 Å². The van der Waals surface area contributed by atoms with E-state index >= 15 is 0 Å². The first-order valence-corrected chi connectivity index (χ1v) is 5.86. The van der Waals surface area contributed by atoms with Gasteiger partial charge in [0.15, 0.2) is 0 Å². The second-order valence-corrected chi connectivity index (χ2v) is 4.87. The minimum Gasteiger partial charge on any atom is -0.472 e. The first-order chi connectivity index (χ1) is 6.20. The van der Waals surface area contributed by atoms with Crippen molar-refractivity contribution in [1.82, 2.24) is 5.32 Å². The second-order valence-electron chi connectivity index (χ2n) is 3.07. The summed E-state index contributed by atoms with van der Waals surface area (Å²) in [6.45, 7) is 3.52. The topological polar surface area (TPSA) is 42.2 Å². The van der Waals surface area contributed by atoms with Crippen LogP contribution in [0.3, 0.4) is 0 Å². The Morgan fingerprint density at radius 3 is 3.00 bits per heavy atom. The van der Waals surface area contributed by atoms with Gasteiger partial charge in [0.1, 0.15) is 0 Å². The lowest BCUT2D eigenvalue weighted by Crippen LogP contribution is -2.26. The highest BCUT2D eigenvalue weighted by Gasteiger charge is 2.04. The molecular weight excluding hydrogens is 186 g/mol. The molecule has 0 amide bonds. The van der Waals surface area contributed by atoms with Crippen LogP contribution in [0.2, 0.25) is 0 Å². The zero-order valence-electron chi connectivity index (χ0n) is 7.95. The zero-order chi connectivity index (χ0) is 9.68. The summed E-state index contributed by atoms with van der Waals surface area (Å²) in [5.74, 6) is 0. The summed E-state index contributed by atoms with van der Waals surface area (Å²) in [4.78, 5) is 0. The number of hydrogen-bond acceptors (Lipinski definition) is 3. The van der Waals surface area contributed by atoms with E-state index in [-0.39, 0.29) is 5.25 Å². The molecule has 0 aliphatic carbocycles. The molecule has 0 spiro atoms. The quantitative estimate of drug-likeness (QED) is 0.776. The van der Waals surface area contributed by atoms with Gasteiger partial charge in [-0.2, -0.15) is 0 Å². The van der Waals surface area contributed by atoms with E-state index in [2.05, 4.69) is 5.32 Å². The van der Waals surface area contributed by atoms with Crippen molar-refractivity contribution in [2.24, 2.45) is 0 Å². The summed E-state index contributed by atoms with van der Waals surface area (Å²) in [6, 6.07) is 1.92. The van der Waals surface area contributed by atoms with Gasteiger partial charge in [-0.05, 0) is 13.0 Å². The second kappa shape index (κ2) is 5.19. The van der Waals surface area contributed by atoms with E-state index in [0.717, 1.165) is 18.7 Å². The highest BCUT2D eigenvalue weighted by Crippen LogP contribution is 1.99. The fourth-order valence-electron chi connectivity index (χ4n) is 0.930. The monoisotopic (exact) mass is 201 g/mol. The van der Waals surface area contributed by atoms with E-state index in [4.69, 9.17) is 4.42 Å². The predicted octanol–water partition coefficient (Wildman–Crippen LogP) is 1.14. The van der Waals surface area contributed by atoms with Crippen LogP contribution < -0.4 is 5.32 Å². The Hall–Kier alpha value is -0.610. The molecule has 0 aliphatic heterocycles. The summed E-state index contributed by atoms with van der Waals surface area (Å²) >= 11 is 0. The van der Waals surface area contributed by atoms with Crippen molar-refractivity contribution in [2.45, 2.75) is 18.7 Å². The highest BCUT2D eigenvalue weighted by atomic mass is 32.2. The SMILES string of the molecule is CC(CNCc1ccoc1)S(C)=O. The maximum Gasteiger partial charge on any atom is 0.0947 e. The van der Waals surface area contributed by atoms with Crippen LogP contribution in [0.15, 0.2) is 23.0 Å². The van der Waals surface area contributed by atoms with Crippen molar-refractivity contribution < 1.29 is 8.63 Å². The van der Waals surface area contributed by atoms with E-state index in [0.29, 0.717) is 0 Å². The summed E-state index contributed by atoms with van der Waals surface area (Å²) in [5, 5.41) is 3.42. The molecule has 0 radical (unpaired) electrons. The molecule has 1 rings (SSSR count). The lowest BCUT2D eigenvalue weighted by molar-refractivity contribution is 0.560. The molecule has 0 fully saturated rings. The summed E-state index contributed by atoms with van der Waals surface area (Å²) in [7, 11) is -0.745. The molecule has 4 heteroatoms. The van der Waals surface area contributed by atoms with E-state index in [1.165, 1.54) is 0 Å². The fraction of sp³-hybridized carbons (Fsp3) is 0.556. The van der Waals surface area contributed by atoms with Crippen molar-refractivity contribution in [3.8, 4) is 0 Å². The Labute approximate surface area is 81.0 Å². The molecule has 0 bridgehead atoms. The van der Waals surface area contributed by atoms with E-state index in [9.17, 15) is 4.21 Å². The van der Waals surface area contributed by atoms with Crippen LogP contribution in [0, 0.1) is 0 Å². The first-order valence-electron chi connectivity index (χ1n) is 4.24. The Morgan fingerprint density at radius 2 is 2.46 bits per heavy atom. The van der Waals surface area contributed by atoms with Gasteiger partial charge in [0.25, 0.3) is 0 Å². The number of hydrogen-bond donors (Lipinski definition) is 1. The van der Waals surface area contributed by atoms with Crippen molar-refractivity contribution in [3.63, 3.8) is 0 Å². The van der Waals surface area contributed by atoms with Crippen LogP contribution in [0.25, 0.3) is 0 Å². The normalized spacial score (nSPS) is 15.5. The summed E-state index contributed by atoms with van der Waals surface area (Å²) in [5.41, 5.74) is 1.12. The summed E-state index contributed by atoms with van der Waals surface area (Å²) in [6.07, 6.45) is 5.09. The van der Waals surface area contributed by atoms with Crippen LogP contribution in [0.1, 0.15) is 12.5 Å². The molecule has 1 heterocycles. The molecule has 0 saturated carbocycles.